The molecule has 5 nitrogen and oxygen atoms in total. The highest BCUT2D eigenvalue weighted by atomic mass is 19.1. The number of aromatic nitrogens is 1. The van der Waals surface area contributed by atoms with E-state index in [9.17, 15) is 14.0 Å². The molecule has 31 heavy (non-hydrogen) atoms. The zero-order chi connectivity index (χ0) is 21.8. The maximum Gasteiger partial charge on any atom is 0.255 e. The number of anilines is 1. The average molecular weight is 413 g/mol. The molecule has 1 aromatic heterocycles. The summed E-state index contributed by atoms with van der Waals surface area (Å²) in [5.41, 5.74) is 3.89. The van der Waals surface area contributed by atoms with Gasteiger partial charge in [-0.15, -0.1) is 0 Å². The molecular formula is C25H20FN3O2. The van der Waals surface area contributed by atoms with Crippen LogP contribution >= 0.6 is 0 Å². The largest absolute Gasteiger partial charge is 0.348 e. The number of pyridine rings is 1. The van der Waals surface area contributed by atoms with Crippen LogP contribution in [-0.2, 0) is 6.54 Å². The molecule has 0 atom stereocenters. The lowest BCUT2D eigenvalue weighted by atomic mass is 10.1. The molecule has 6 heteroatoms. The first kappa shape index (κ1) is 20.2. The van der Waals surface area contributed by atoms with E-state index in [0.29, 0.717) is 28.9 Å². The number of nitrogens with zero attached hydrogens (tertiary/aromatic N) is 1. The van der Waals surface area contributed by atoms with Crippen molar-refractivity contribution in [2.24, 2.45) is 0 Å². The predicted molar refractivity (Wildman–Crippen MR) is 118 cm³/mol. The maximum absolute atomic E-state index is 13.0. The van der Waals surface area contributed by atoms with Crippen molar-refractivity contribution >= 4 is 28.4 Å². The SMILES string of the molecule is Cc1ccc2cccc(C(=O)NCc3ccc(C(=O)Nc4ccc(F)cc4)cc3)c2n1. The minimum atomic E-state index is -0.362. The smallest absolute Gasteiger partial charge is 0.255 e. The Morgan fingerprint density at radius 2 is 1.61 bits per heavy atom. The monoisotopic (exact) mass is 413 g/mol. The lowest BCUT2D eigenvalue weighted by Gasteiger charge is -2.09. The average Bonchev–Trinajstić information content (AvgIpc) is 2.79. The van der Waals surface area contributed by atoms with Crippen LogP contribution in [-0.4, -0.2) is 16.8 Å². The number of rotatable bonds is 5. The molecule has 2 N–H and O–H groups in total. The first-order chi connectivity index (χ1) is 15.0. The summed E-state index contributed by atoms with van der Waals surface area (Å²) < 4.78 is 13.0. The summed E-state index contributed by atoms with van der Waals surface area (Å²) in [6.45, 7) is 2.21. The van der Waals surface area contributed by atoms with Gasteiger partial charge in [-0.2, -0.15) is 0 Å². The van der Waals surface area contributed by atoms with Gasteiger partial charge in [0.05, 0.1) is 11.1 Å². The Morgan fingerprint density at radius 1 is 0.871 bits per heavy atom. The number of hydrogen-bond donors (Lipinski definition) is 2. The third kappa shape index (κ3) is 4.75. The summed E-state index contributed by atoms with van der Waals surface area (Å²) in [7, 11) is 0. The van der Waals surface area contributed by atoms with Crippen LogP contribution in [0.5, 0.6) is 0 Å². The highest BCUT2D eigenvalue weighted by Crippen LogP contribution is 2.17. The molecule has 0 aliphatic heterocycles. The molecule has 1 heterocycles. The number of amides is 2. The topological polar surface area (TPSA) is 71.1 Å². The predicted octanol–water partition coefficient (Wildman–Crippen LogP) is 4.86. The van der Waals surface area contributed by atoms with Crippen molar-refractivity contribution < 1.29 is 14.0 Å². The zero-order valence-electron chi connectivity index (χ0n) is 16.9. The fourth-order valence-electron chi connectivity index (χ4n) is 3.22. The van der Waals surface area contributed by atoms with E-state index in [4.69, 9.17) is 0 Å². The van der Waals surface area contributed by atoms with Crippen LogP contribution in [0.25, 0.3) is 10.9 Å². The van der Waals surface area contributed by atoms with Crippen LogP contribution in [0.4, 0.5) is 10.1 Å². The Balaban J connectivity index is 1.40. The molecular weight excluding hydrogens is 393 g/mol. The Bertz CT molecular complexity index is 1250. The van der Waals surface area contributed by atoms with Crippen LogP contribution in [0.15, 0.2) is 78.9 Å². The second-order valence-electron chi connectivity index (χ2n) is 7.17. The third-order valence-corrected chi connectivity index (χ3v) is 4.88. The van der Waals surface area contributed by atoms with Gasteiger partial charge in [0, 0.05) is 28.9 Å². The molecule has 0 aliphatic carbocycles. The molecule has 4 aromatic rings. The van der Waals surface area contributed by atoms with Gasteiger partial charge in [-0.25, -0.2) is 4.39 Å². The molecule has 0 fully saturated rings. The second kappa shape index (κ2) is 8.75. The number of carbonyl (C=O) groups excluding carboxylic acids is 2. The minimum Gasteiger partial charge on any atom is -0.348 e. The van der Waals surface area contributed by atoms with Crippen LogP contribution in [0.1, 0.15) is 32.0 Å². The van der Waals surface area contributed by atoms with Gasteiger partial charge < -0.3 is 10.6 Å². The Labute approximate surface area is 178 Å². The molecule has 0 spiro atoms. The van der Waals surface area contributed by atoms with Crippen molar-refractivity contribution in [2.75, 3.05) is 5.32 Å². The van der Waals surface area contributed by atoms with Crippen molar-refractivity contribution in [1.29, 1.82) is 0 Å². The molecule has 0 radical (unpaired) electrons. The van der Waals surface area contributed by atoms with Crippen molar-refractivity contribution in [3.8, 4) is 0 Å². The summed E-state index contributed by atoms with van der Waals surface area (Å²) in [4.78, 5) is 29.5. The molecule has 0 saturated carbocycles. The molecule has 4 rings (SSSR count). The number of halogens is 1. The number of para-hydroxylation sites is 1. The van der Waals surface area contributed by atoms with Gasteiger partial charge in [-0.05, 0) is 61.0 Å². The number of nitrogens with one attached hydrogen (secondary N) is 2. The number of benzene rings is 3. The van der Waals surface area contributed by atoms with Crippen LogP contribution in [0, 0.1) is 12.7 Å². The zero-order valence-corrected chi connectivity index (χ0v) is 16.9. The highest BCUT2D eigenvalue weighted by Gasteiger charge is 2.12. The first-order valence-electron chi connectivity index (χ1n) is 9.80. The van der Waals surface area contributed by atoms with Gasteiger partial charge in [0.1, 0.15) is 5.82 Å². The van der Waals surface area contributed by atoms with E-state index in [2.05, 4.69) is 15.6 Å². The van der Waals surface area contributed by atoms with E-state index >= 15 is 0 Å². The van der Waals surface area contributed by atoms with Crippen molar-refractivity contribution in [3.05, 3.63) is 107 Å². The quantitative estimate of drug-likeness (QED) is 0.491. The summed E-state index contributed by atoms with van der Waals surface area (Å²) >= 11 is 0. The van der Waals surface area contributed by atoms with E-state index < -0.39 is 0 Å². The third-order valence-electron chi connectivity index (χ3n) is 4.88. The fraction of sp³-hybridized carbons (Fsp3) is 0.0800. The van der Waals surface area contributed by atoms with Crippen molar-refractivity contribution in [3.63, 3.8) is 0 Å². The van der Waals surface area contributed by atoms with E-state index in [1.54, 1.807) is 30.3 Å². The van der Waals surface area contributed by atoms with E-state index in [1.165, 1.54) is 24.3 Å². The van der Waals surface area contributed by atoms with Gasteiger partial charge >= 0.3 is 0 Å². The Hall–Kier alpha value is -4.06. The van der Waals surface area contributed by atoms with Crippen molar-refractivity contribution in [2.45, 2.75) is 13.5 Å². The molecule has 0 bridgehead atoms. The molecule has 154 valence electrons. The Morgan fingerprint density at radius 3 is 2.35 bits per heavy atom. The molecule has 0 aliphatic rings. The van der Waals surface area contributed by atoms with Crippen LogP contribution < -0.4 is 10.6 Å². The normalized spacial score (nSPS) is 10.6. The van der Waals surface area contributed by atoms with E-state index in [0.717, 1.165) is 16.6 Å². The van der Waals surface area contributed by atoms with Gasteiger partial charge in [0.15, 0.2) is 0 Å². The molecule has 2 amide bonds. The summed E-state index contributed by atoms with van der Waals surface area (Å²) in [6, 6.07) is 21.9. The van der Waals surface area contributed by atoms with Crippen LogP contribution in [0.2, 0.25) is 0 Å². The molecule has 0 saturated heterocycles. The van der Waals surface area contributed by atoms with E-state index in [-0.39, 0.29) is 17.6 Å². The summed E-state index contributed by atoms with van der Waals surface area (Å²) in [5, 5.41) is 6.53. The van der Waals surface area contributed by atoms with Crippen molar-refractivity contribution in [1.82, 2.24) is 10.3 Å². The number of hydrogen-bond acceptors (Lipinski definition) is 3. The number of carbonyl (C=O) groups is 2. The Kier molecular flexibility index (Phi) is 5.71. The second-order valence-corrected chi connectivity index (χ2v) is 7.17. The summed E-state index contributed by atoms with van der Waals surface area (Å²) in [6.07, 6.45) is 0. The van der Waals surface area contributed by atoms with Crippen LogP contribution in [0.3, 0.4) is 0 Å². The van der Waals surface area contributed by atoms with Gasteiger partial charge in [-0.3, -0.25) is 14.6 Å². The molecule has 3 aromatic carbocycles. The lowest BCUT2D eigenvalue weighted by Crippen LogP contribution is -2.23. The number of fused-ring (bicyclic) bond motifs is 1. The van der Waals surface area contributed by atoms with Gasteiger partial charge in [0.2, 0.25) is 0 Å². The maximum atomic E-state index is 13.0. The minimum absolute atomic E-state index is 0.207. The van der Waals surface area contributed by atoms with Gasteiger partial charge in [-0.1, -0.05) is 30.3 Å². The fourth-order valence-corrected chi connectivity index (χ4v) is 3.22. The first-order valence-corrected chi connectivity index (χ1v) is 9.80. The number of aryl methyl sites for hydroxylation is 1. The van der Waals surface area contributed by atoms with Gasteiger partial charge in [0.25, 0.3) is 11.8 Å². The van der Waals surface area contributed by atoms with E-state index in [1.807, 2.05) is 31.2 Å². The molecule has 0 unspecified atom stereocenters. The highest BCUT2D eigenvalue weighted by molar-refractivity contribution is 6.05. The lowest BCUT2D eigenvalue weighted by molar-refractivity contribution is 0.0951. The standard InChI is InChI=1S/C25H20FN3O2/c1-16-5-8-18-3-2-4-22(23(18)28-16)25(31)27-15-17-6-9-19(10-7-17)24(30)29-21-13-11-20(26)12-14-21/h2-14H,15H2,1H3,(H,27,31)(H,29,30). The summed E-state index contributed by atoms with van der Waals surface area (Å²) in [5.74, 6) is -0.861.